The first-order chi connectivity index (χ1) is 12.1. The molecule has 6 nitrogen and oxygen atoms in total. The zero-order valence-electron chi connectivity index (χ0n) is 14.6. The van der Waals surface area contributed by atoms with Crippen LogP contribution in [-0.2, 0) is 6.42 Å². The first-order valence-corrected chi connectivity index (χ1v) is 8.76. The topological polar surface area (TPSA) is 85.2 Å². The molecule has 0 atom stereocenters. The van der Waals surface area contributed by atoms with Crippen LogP contribution in [0.4, 0.5) is 0 Å². The molecule has 0 saturated heterocycles. The van der Waals surface area contributed by atoms with Gasteiger partial charge < -0.3 is 9.15 Å². The van der Waals surface area contributed by atoms with Crippen LogP contribution < -0.4 is 16.0 Å². The lowest BCUT2D eigenvalue weighted by molar-refractivity contribution is 0.302. The first-order valence-electron chi connectivity index (χ1n) is 8.76. The normalized spacial score (nSPS) is 11.3. The fourth-order valence-electron chi connectivity index (χ4n) is 2.94. The van der Waals surface area contributed by atoms with Crippen molar-refractivity contribution in [2.75, 3.05) is 6.61 Å². The van der Waals surface area contributed by atoms with Gasteiger partial charge in [0.2, 0.25) is 5.89 Å². The van der Waals surface area contributed by atoms with E-state index < -0.39 is 11.2 Å². The van der Waals surface area contributed by atoms with Crippen molar-refractivity contribution in [3.8, 4) is 17.2 Å². The van der Waals surface area contributed by atoms with Gasteiger partial charge in [-0.15, -0.1) is 0 Å². The minimum Gasteiger partial charge on any atom is -0.493 e. The Morgan fingerprint density at radius 2 is 2.00 bits per heavy atom. The monoisotopic (exact) mass is 342 g/mol. The van der Waals surface area contributed by atoms with E-state index in [1.54, 1.807) is 6.07 Å². The standard InChI is InChI=1S/C19H22N2O4/c1-3-5-6-7-10-24-15-9-8-12-11-14-17(22)20-19(23)21-18(14)25-16(12)13(15)4-2/h8-9,11H,3-7,10H2,1-2H3,(H,20,22,23). The van der Waals surface area contributed by atoms with Gasteiger partial charge in [0, 0.05) is 10.9 Å². The third kappa shape index (κ3) is 3.57. The summed E-state index contributed by atoms with van der Waals surface area (Å²) in [5.41, 5.74) is 0.599. The molecule has 1 aromatic rings. The first kappa shape index (κ1) is 17.2. The molecular weight excluding hydrogens is 320 g/mol. The minimum absolute atomic E-state index is 0.0519. The fourth-order valence-corrected chi connectivity index (χ4v) is 2.94. The lowest BCUT2D eigenvalue weighted by Crippen LogP contribution is -2.24. The molecular formula is C19H22N2O4. The van der Waals surface area contributed by atoms with Gasteiger partial charge in [-0.25, -0.2) is 4.79 Å². The van der Waals surface area contributed by atoms with Crippen LogP contribution in [0.5, 0.6) is 5.75 Å². The molecule has 0 aliphatic carbocycles. The maximum absolute atomic E-state index is 11.9. The molecule has 1 aromatic carbocycles. The predicted octanol–water partition coefficient (Wildman–Crippen LogP) is 3.50. The molecule has 2 heterocycles. The SMILES string of the molecule is CCCCCCOc1ccc2cc3c(=O)[nH]c(=O)nc-3oc2c1CC. The van der Waals surface area contributed by atoms with E-state index in [4.69, 9.17) is 9.15 Å². The maximum atomic E-state index is 11.9. The van der Waals surface area contributed by atoms with Crippen LogP contribution in [0, 0.1) is 0 Å². The number of rotatable bonds is 7. The number of hydrogen-bond acceptors (Lipinski definition) is 5. The molecule has 0 fully saturated rings. The molecule has 2 aliphatic heterocycles. The van der Waals surface area contributed by atoms with Gasteiger partial charge >= 0.3 is 5.69 Å². The number of aromatic amines is 1. The van der Waals surface area contributed by atoms with E-state index in [1.807, 2.05) is 19.1 Å². The second kappa shape index (κ2) is 7.51. The number of H-pyrrole nitrogens is 1. The Morgan fingerprint density at radius 3 is 2.76 bits per heavy atom. The van der Waals surface area contributed by atoms with Gasteiger partial charge in [0.1, 0.15) is 16.9 Å². The van der Waals surface area contributed by atoms with Crippen molar-refractivity contribution in [1.82, 2.24) is 9.97 Å². The zero-order valence-corrected chi connectivity index (χ0v) is 14.6. The number of aromatic nitrogens is 2. The van der Waals surface area contributed by atoms with E-state index in [2.05, 4.69) is 16.9 Å². The zero-order chi connectivity index (χ0) is 17.8. The van der Waals surface area contributed by atoms with Gasteiger partial charge in [-0.3, -0.25) is 9.78 Å². The van der Waals surface area contributed by atoms with Crippen LogP contribution in [0.2, 0.25) is 0 Å². The number of benzene rings is 1. The third-order valence-corrected chi connectivity index (χ3v) is 4.25. The number of nitrogens with zero attached hydrogens (tertiary/aromatic N) is 1. The molecule has 0 bridgehead atoms. The molecule has 2 aliphatic rings. The molecule has 0 spiro atoms. The van der Waals surface area contributed by atoms with Crippen molar-refractivity contribution in [2.45, 2.75) is 46.0 Å². The van der Waals surface area contributed by atoms with Gasteiger partial charge in [-0.1, -0.05) is 33.1 Å². The highest BCUT2D eigenvalue weighted by molar-refractivity contribution is 5.86. The van der Waals surface area contributed by atoms with Gasteiger partial charge in [0.25, 0.3) is 5.56 Å². The molecule has 25 heavy (non-hydrogen) atoms. The molecule has 0 amide bonds. The number of aryl methyl sites for hydroxylation is 1. The summed E-state index contributed by atoms with van der Waals surface area (Å²) < 4.78 is 11.7. The van der Waals surface area contributed by atoms with Gasteiger partial charge in [0.05, 0.1) is 6.61 Å². The average molecular weight is 342 g/mol. The number of fused-ring (bicyclic) bond motifs is 2. The van der Waals surface area contributed by atoms with Crippen molar-refractivity contribution in [2.24, 2.45) is 0 Å². The highest BCUT2D eigenvalue weighted by Crippen LogP contribution is 2.32. The number of unbranched alkanes of at least 4 members (excludes halogenated alkanes) is 3. The molecule has 0 aromatic heterocycles. The molecule has 6 heteroatoms. The Hall–Kier alpha value is -2.63. The Morgan fingerprint density at radius 1 is 1.16 bits per heavy atom. The molecule has 0 radical (unpaired) electrons. The van der Waals surface area contributed by atoms with Gasteiger partial charge in [-0.2, -0.15) is 4.98 Å². The van der Waals surface area contributed by atoms with Crippen molar-refractivity contribution in [3.63, 3.8) is 0 Å². The number of ether oxygens (including phenoxy) is 1. The summed E-state index contributed by atoms with van der Waals surface area (Å²) in [6.45, 7) is 4.86. The Labute approximate surface area is 145 Å². The highest BCUT2D eigenvalue weighted by atomic mass is 16.5. The van der Waals surface area contributed by atoms with E-state index in [-0.39, 0.29) is 11.5 Å². The minimum atomic E-state index is -0.707. The van der Waals surface area contributed by atoms with Crippen LogP contribution >= 0.6 is 0 Å². The van der Waals surface area contributed by atoms with Crippen LogP contribution in [-0.4, -0.2) is 16.6 Å². The van der Waals surface area contributed by atoms with E-state index in [0.717, 1.165) is 29.5 Å². The number of nitrogens with one attached hydrogen (secondary N) is 1. The summed E-state index contributed by atoms with van der Waals surface area (Å²) in [6, 6.07) is 5.47. The van der Waals surface area contributed by atoms with Crippen LogP contribution in [0.3, 0.4) is 0 Å². The number of hydrogen-bond donors (Lipinski definition) is 1. The third-order valence-electron chi connectivity index (χ3n) is 4.25. The van der Waals surface area contributed by atoms with Crippen molar-refractivity contribution >= 4 is 11.0 Å². The van der Waals surface area contributed by atoms with E-state index in [1.165, 1.54) is 12.8 Å². The van der Waals surface area contributed by atoms with E-state index >= 15 is 0 Å². The second-order valence-corrected chi connectivity index (χ2v) is 6.06. The molecule has 132 valence electrons. The lowest BCUT2D eigenvalue weighted by atomic mass is 10.1. The van der Waals surface area contributed by atoms with Crippen molar-refractivity contribution in [1.29, 1.82) is 0 Å². The largest absolute Gasteiger partial charge is 0.493 e. The smallest absolute Gasteiger partial charge is 0.351 e. The molecule has 0 unspecified atom stereocenters. The Balaban J connectivity index is 2.01. The predicted molar refractivity (Wildman–Crippen MR) is 96.5 cm³/mol. The highest BCUT2D eigenvalue weighted by Gasteiger charge is 2.17. The summed E-state index contributed by atoms with van der Waals surface area (Å²) in [5.74, 6) is 0.831. The summed E-state index contributed by atoms with van der Waals surface area (Å²) in [5, 5.41) is 0.786. The van der Waals surface area contributed by atoms with Gasteiger partial charge in [-0.05, 0) is 31.0 Å². The van der Waals surface area contributed by atoms with E-state index in [0.29, 0.717) is 18.6 Å². The second-order valence-electron chi connectivity index (χ2n) is 6.06. The van der Waals surface area contributed by atoms with Crippen LogP contribution in [0.25, 0.3) is 22.4 Å². The Bertz CT molecular complexity index is 958. The quantitative estimate of drug-likeness (QED) is 0.525. The summed E-state index contributed by atoms with van der Waals surface area (Å²) >= 11 is 0. The maximum Gasteiger partial charge on any atom is 0.351 e. The summed E-state index contributed by atoms with van der Waals surface area (Å²) in [7, 11) is 0. The summed E-state index contributed by atoms with van der Waals surface area (Å²) in [6.07, 6.45) is 5.28. The molecule has 3 rings (SSSR count). The summed E-state index contributed by atoms with van der Waals surface area (Å²) in [4.78, 5) is 29.3. The van der Waals surface area contributed by atoms with E-state index in [9.17, 15) is 9.59 Å². The lowest BCUT2D eigenvalue weighted by Gasteiger charge is -2.13. The Kier molecular flexibility index (Phi) is 5.16. The van der Waals surface area contributed by atoms with Crippen molar-refractivity contribution in [3.05, 3.63) is 44.6 Å². The molecule has 1 N–H and O–H groups in total. The fraction of sp³-hybridized carbons (Fsp3) is 0.421. The van der Waals surface area contributed by atoms with Gasteiger partial charge in [0.15, 0.2) is 0 Å². The van der Waals surface area contributed by atoms with Crippen LogP contribution in [0.15, 0.2) is 32.2 Å². The average Bonchev–Trinajstić information content (AvgIpc) is 2.59. The van der Waals surface area contributed by atoms with Crippen molar-refractivity contribution < 1.29 is 9.15 Å². The van der Waals surface area contributed by atoms with Crippen LogP contribution in [0.1, 0.15) is 45.1 Å². The molecule has 0 saturated carbocycles.